The Morgan fingerprint density at radius 3 is 2.07 bits per heavy atom. The number of furan rings is 1. The largest absolute Gasteiger partial charge is 0.456 e. The van der Waals surface area contributed by atoms with Crippen LogP contribution in [0.25, 0.3) is 52.9 Å². The number of aliphatic imine (C=N–C) groups is 1. The average molecular weight is 727 g/mol. The van der Waals surface area contributed by atoms with Crippen LogP contribution >= 0.6 is 11.3 Å². The molecule has 0 fully saturated rings. The summed E-state index contributed by atoms with van der Waals surface area (Å²) in [4.78, 5) is 7.56. The number of anilines is 3. The van der Waals surface area contributed by atoms with Gasteiger partial charge in [-0.25, -0.2) is 4.99 Å². The first kappa shape index (κ1) is 31.8. The lowest BCUT2D eigenvalue weighted by Gasteiger charge is -2.33. The number of nitrogens with one attached hydrogen (secondary N) is 2. The fourth-order valence-corrected chi connectivity index (χ4v) is 9.25. The number of nitrogens with zero attached hydrogens (tertiary/aromatic N) is 2. The average Bonchev–Trinajstić information content (AvgIpc) is 3.82. The van der Waals surface area contributed by atoms with Crippen molar-refractivity contribution in [2.45, 2.75) is 12.3 Å². The Morgan fingerprint density at radius 2 is 1.25 bits per heavy atom. The second kappa shape index (κ2) is 13.0. The minimum Gasteiger partial charge on any atom is -0.456 e. The van der Waals surface area contributed by atoms with E-state index in [1.54, 1.807) is 0 Å². The van der Waals surface area contributed by atoms with Gasteiger partial charge in [0.15, 0.2) is 0 Å². The van der Waals surface area contributed by atoms with E-state index in [4.69, 9.17) is 9.41 Å². The molecule has 5 nitrogen and oxygen atoms in total. The molecule has 2 aromatic heterocycles. The van der Waals surface area contributed by atoms with E-state index in [1.165, 1.54) is 25.6 Å². The molecule has 2 atom stereocenters. The van der Waals surface area contributed by atoms with Crippen LogP contribution in [-0.2, 0) is 0 Å². The first-order valence-corrected chi connectivity index (χ1v) is 19.4. The molecule has 1 aliphatic heterocycles. The van der Waals surface area contributed by atoms with Crippen LogP contribution in [-0.4, -0.2) is 5.84 Å². The molecule has 11 rings (SSSR count). The van der Waals surface area contributed by atoms with Crippen LogP contribution in [0, 0.1) is 0 Å². The predicted molar refractivity (Wildman–Crippen MR) is 230 cm³/mol. The number of thiophene rings is 1. The van der Waals surface area contributed by atoms with Crippen molar-refractivity contribution in [1.29, 1.82) is 0 Å². The summed E-state index contributed by atoms with van der Waals surface area (Å²) in [6.07, 6.45) is -0.567. The van der Waals surface area contributed by atoms with E-state index < -0.39 is 0 Å². The summed E-state index contributed by atoms with van der Waals surface area (Å²) in [5.41, 5.74) is 8.03. The lowest BCUT2D eigenvalue weighted by atomic mass is 10.00. The molecular formula is C49H34N4OS. The smallest absolute Gasteiger partial charge is 0.144 e. The molecule has 0 aliphatic carbocycles. The lowest BCUT2D eigenvalue weighted by molar-refractivity contribution is 0.408. The zero-order chi connectivity index (χ0) is 36.3. The molecule has 10 aromatic rings. The number of amidine groups is 1. The quantitative estimate of drug-likeness (QED) is 0.179. The van der Waals surface area contributed by atoms with Crippen LogP contribution < -0.4 is 15.5 Å². The summed E-state index contributed by atoms with van der Waals surface area (Å²) >= 11 is 1.84. The Bertz CT molecular complexity index is 3060. The Balaban J connectivity index is 1.15. The summed E-state index contributed by atoms with van der Waals surface area (Å²) in [5, 5.41) is 14.6. The van der Waals surface area contributed by atoms with Crippen molar-refractivity contribution in [3.63, 3.8) is 0 Å². The van der Waals surface area contributed by atoms with Crippen LogP contribution in [0.5, 0.6) is 0 Å². The van der Waals surface area contributed by atoms with Crippen molar-refractivity contribution < 1.29 is 4.42 Å². The number of rotatable bonds is 6. The van der Waals surface area contributed by atoms with Gasteiger partial charge in [-0.2, -0.15) is 0 Å². The van der Waals surface area contributed by atoms with Crippen molar-refractivity contribution in [2.24, 2.45) is 4.99 Å². The van der Waals surface area contributed by atoms with Crippen LogP contribution in [0.2, 0.25) is 0 Å². The van der Waals surface area contributed by atoms with Gasteiger partial charge in [-0.05, 0) is 70.9 Å². The second-order valence-corrected chi connectivity index (χ2v) is 15.1. The van der Waals surface area contributed by atoms with Crippen molar-refractivity contribution in [2.75, 3.05) is 4.90 Å². The highest BCUT2D eigenvalue weighted by Gasteiger charge is 2.30. The number of benzene rings is 8. The molecule has 2 unspecified atom stereocenters. The van der Waals surface area contributed by atoms with Crippen molar-refractivity contribution in [3.05, 3.63) is 199 Å². The van der Waals surface area contributed by atoms with E-state index >= 15 is 0 Å². The first-order chi connectivity index (χ1) is 27.2. The maximum atomic E-state index is 7.06. The van der Waals surface area contributed by atoms with Gasteiger partial charge in [0.2, 0.25) is 0 Å². The molecule has 3 heterocycles. The topological polar surface area (TPSA) is 52.8 Å². The highest BCUT2D eigenvalue weighted by molar-refractivity contribution is 7.25. The molecule has 0 bridgehead atoms. The fraction of sp³-hybridized carbons (Fsp3) is 0.0408. The summed E-state index contributed by atoms with van der Waals surface area (Å²) in [7, 11) is 0. The minimum atomic E-state index is -0.301. The third-order valence-corrected chi connectivity index (χ3v) is 11.8. The Labute approximate surface area is 321 Å². The van der Waals surface area contributed by atoms with Gasteiger partial charge in [0.25, 0.3) is 0 Å². The van der Waals surface area contributed by atoms with Crippen LogP contribution in [0.1, 0.15) is 29.0 Å². The molecule has 55 heavy (non-hydrogen) atoms. The third kappa shape index (κ3) is 5.45. The molecule has 0 amide bonds. The van der Waals surface area contributed by atoms with Crippen LogP contribution in [0.3, 0.4) is 0 Å². The Hall–Kier alpha value is -6.73. The highest BCUT2D eigenvalue weighted by atomic mass is 32.1. The van der Waals surface area contributed by atoms with Gasteiger partial charge in [0, 0.05) is 48.1 Å². The second-order valence-electron chi connectivity index (χ2n) is 14.0. The minimum absolute atomic E-state index is 0.266. The third-order valence-electron chi connectivity index (χ3n) is 10.7. The van der Waals surface area contributed by atoms with Crippen LogP contribution in [0.4, 0.5) is 17.1 Å². The molecule has 262 valence electrons. The summed E-state index contributed by atoms with van der Waals surface area (Å²) in [6, 6.07) is 64.4. The van der Waals surface area contributed by atoms with Gasteiger partial charge in [-0.15, -0.1) is 11.3 Å². The molecular weight excluding hydrogens is 693 g/mol. The molecule has 6 heteroatoms. The normalized spacial score (nSPS) is 15.8. The zero-order valence-corrected chi connectivity index (χ0v) is 30.5. The standard InChI is InChI=1S/C49H34N4OS/c1-4-14-31(15-5-1)47-50-48(32-16-6-2-7-17-32)52-49(51-47)39-26-27-41(45-40-28-33-18-10-11-19-34(33)29-42(40)54-46(39)45)53(35-20-8-3-9-21-35)36-24-25-38-37-22-12-13-23-43(37)55-44(38)30-36/h1-30,47,49,51H,(H,50,52). The summed E-state index contributed by atoms with van der Waals surface area (Å²) in [5.74, 6) is 0.833. The van der Waals surface area contributed by atoms with Gasteiger partial charge >= 0.3 is 0 Å². The van der Waals surface area contributed by atoms with Gasteiger partial charge < -0.3 is 14.6 Å². The fourth-order valence-electron chi connectivity index (χ4n) is 8.11. The molecule has 0 saturated heterocycles. The Morgan fingerprint density at radius 1 is 0.564 bits per heavy atom. The van der Waals surface area contributed by atoms with E-state index in [1.807, 2.05) is 23.5 Å². The first-order valence-electron chi connectivity index (χ1n) is 18.6. The Kier molecular flexibility index (Phi) is 7.50. The van der Waals surface area contributed by atoms with Crippen molar-refractivity contribution >= 4 is 87.1 Å². The maximum absolute atomic E-state index is 7.06. The van der Waals surface area contributed by atoms with Gasteiger partial charge in [0.05, 0.1) is 11.1 Å². The van der Waals surface area contributed by atoms with E-state index in [0.717, 1.165) is 66.9 Å². The molecule has 1 aliphatic rings. The van der Waals surface area contributed by atoms with Crippen LogP contribution in [0.15, 0.2) is 191 Å². The SMILES string of the molecule is c1ccc(C2=NC(c3ccccc3)NC(c3ccc(N(c4ccccc4)c4ccc5c(c4)sc4ccccc45)c4c3oc3cc5ccccc5cc34)N2)cc1. The van der Waals surface area contributed by atoms with E-state index in [2.05, 4.69) is 185 Å². The van der Waals surface area contributed by atoms with Crippen molar-refractivity contribution in [1.82, 2.24) is 10.6 Å². The molecule has 8 aromatic carbocycles. The van der Waals surface area contributed by atoms with E-state index in [9.17, 15) is 0 Å². The number of fused-ring (bicyclic) bond motifs is 7. The monoisotopic (exact) mass is 726 g/mol. The zero-order valence-electron chi connectivity index (χ0n) is 29.7. The van der Waals surface area contributed by atoms with Gasteiger partial charge in [-0.3, -0.25) is 5.32 Å². The summed E-state index contributed by atoms with van der Waals surface area (Å²) < 4.78 is 9.60. The molecule has 2 N–H and O–H groups in total. The summed E-state index contributed by atoms with van der Waals surface area (Å²) in [6.45, 7) is 0. The maximum Gasteiger partial charge on any atom is 0.144 e. The number of hydrogen-bond donors (Lipinski definition) is 2. The number of hydrogen-bond acceptors (Lipinski definition) is 6. The van der Waals surface area contributed by atoms with E-state index in [-0.39, 0.29) is 12.3 Å². The molecule has 0 spiro atoms. The van der Waals surface area contributed by atoms with Gasteiger partial charge in [-0.1, -0.05) is 127 Å². The lowest BCUT2D eigenvalue weighted by Crippen LogP contribution is -2.45. The predicted octanol–water partition coefficient (Wildman–Crippen LogP) is 12.9. The van der Waals surface area contributed by atoms with Crippen molar-refractivity contribution in [3.8, 4) is 0 Å². The molecule has 0 saturated carbocycles. The highest BCUT2D eigenvalue weighted by Crippen LogP contribution is 2.47. The van der Waals surface area contributed by atoms with E-state index in [0.29, 0.717) is 0 Å². The van der Waals surface area contributed by atoms with Gasteiger partial charge in [0.1, 0.15) is 29.3 Å². The number of para-hydroxylation sites is 1. The molecule has 0 radical (unpaired) electrons.